The molecule has 0 aromatic heterocycles. The van der Waals surface area contributed by atoms with Gasteiger partial charge in [0.25, 0.3) is 0 Å². The van der Waals surface area contributed by atoms with Gasteiger partial charge in [-0.05, 0) is 39.0 Å². The number of carbonyl (C=O) groups excluding carboxylic acids is 1. The molecule has 0 aromatic rings. The van der Waals surface area contributed by atoms with Gasteiger partial charge in [0, 0.05) is 18.6 Å². The minimum atomic E-state index is -0.799. The summed E-state index contributed by atoms with van der Waals surface area (Å²) in [6, 6.07) is -0.130. The van der Waals surface area contributed by atoms with Crippen LogP contribution < -0.4 is 5.32 Å². The van der Waals surface area contributed by atoms with Gasteiger partial charge in [-0.25, -0.2) is 4.79 Å². The van der Waals surface area contributed by atoms with Crippen molar-refractivity contribution < 1.29 is 14.7 Å². The maximum atomic E-state index is 12.2. The zero-order chi connectivity index (χ0) is 14.0. The molecule has 0 aromatic carbocycles. The van der Waals surface area contributed by atoms with Crippen LogP contribution in [0.2, 0.25) is 0 Å². The summed E-state index contributed by atoms with van der Waals surface area (Å²) in [6.45, 7) is 4.43. The molecule has 1 saturated carbocycles. The van der Waals surface area contributed by atoms with Crippen molar-refractivity contribution in [1.82, 2.24) is 10.2 Å². The van der Waals surface area contributed by atoms with E-state index in [1.165, 1.54) is 25.7 Å². The fraction of sp³-hybridized carbons (Fsp3) is 0.857. The standard InChI is InChI=1S/C14H24N2O3/c1-9(11-5-3-4-6-11)15-14(19)16-8-7-12(10(16)2)13(17)18/h9-12H,3-8H2,1-2H3,(H,15,19)(H,17,18). The first kappa shape index (κ1) is 14.2. The lowest BCUT2D eigenvalue weighted by atomic mass is 10.00. The summed E-state index contributed by atoms with van der Waals surface area (Å²) < 4.78 is 0. The van der Waals surface area contributed by atoms with E-state index in [-0.39, 0.29) is 18.1 Å². The number of hydrogen-bond donors (Lipinski definition) is 2. The Balaban J connectivity index is 1.88. The predicted molar refractivity (Wildman–Crippen MR) is 71.9 cm³/mol. The van der Waals surface area contributed by atoms with Crippen LogP contribution in [0, 0.1) is 11.8 Å². The van der Waals surface area contributed by atoms with E-state index in [2.05, 4.69) is 12.2 Å². The second-order valence-electron chi connectivity index (χ2n) is 5.95. The van der Waals surface area contributed by atoms with Crippen LogP contribution in [-0.2, 0) is 4.79 Å². The minimum absolute atomic E-state index is 0.101. The Morgan fingerprint density at radius 3 is 2.42 bits per heavy atom. The smallest absolute Gasteiger partial charge is 0.317 e. The third-order valence-electron chi connectivity index (χ3n) is 4.79. The minimum Gasteiger partial charge on any atom is -0.481 e. The van der Waals surface area contributed by atoms with Gasteiger partial charge in [-0.2, -0.15) is 0 Å². The Hall–Kier alpha value is -1.26. The molecule has 2 fully saturated rings. The third kappa shape index (κ3) is 3.01. The number of rotatable bonds is 3. The van der Waals surface area contributed by atoms with E-state index in [9.17, 15) is 9.59 Å². The van der Waals surface area contributed by atoms with Gasteiger partial charge in [0.2, 0.25) is 0 Å². The Labute approximate surface area is 114 Å². The monoisotopic (exact) mass is 268 g/mol. The van der Waals surface area contributed by atoms with Crippen molar-refractivity contribution in [3.63, 3.8) is 0 Å². The molecule has 1 aliphatic heterocycles. The number of nitrogens with zero attached hydrogens (tertiary/aromatic N) is 1. The van der Waals surface area contributed by atoms with Crippen molar-refractivity contribution in [3.8, 4) is 0 Å². The van der Waals surface area contributed by atoms with Crippen LogP contribution in [0.25, 0.3) is 0 Å². The maximum Gasteiger partial charge on any atom is 0.317 e. The number of aliphatic carboxylic acids is 1. The molecule has 1 heterocycles. The Kier molecular flexibility index (Phi) is 4.32. The number of urea groups is 1. The topological polar surface area (TPSA) is 69.6 Å². The summed E-state index contributed by atoms with van der Waals surface area (Å²) in [6.07, 6.45) is 5.45. The molecule has 2 aliphatic rings. The van der Waals surface area contributed by atoms with Crippen molar-refractivity contribution in [2.45, 2.75) is 58.0 Å². The Morgan fingerprint density at radius 2 is 1.89 bits per heavy atom. The van der Waals surface area contributed by atoms with Crippen molar-refractivity contribution in [2.75, 3.05) is 6.54 Å². The van der Waals surface area contributed by atoms with E-state index in [1.54, 1.807) is 4.90 Å². The lowest BCUT2D eigenvalue weighted by molar-refractivity contribution is -0.142. The molecular weight excluding hydrogens is 244 g/mol. The number of nitrogens with one attached hydrogen (secondary N) is 1. The molecule has 108 valence electrons. The average molecular weight is 268 g/mol. The third-order valence-corrected chi connectivity index (χ3v) is 4.79. The number of likely N-dealkylation sites (tertiary alicyclic amines) is 1. The van der Waals surface area contributed by atoms with Gasteiger partial charge in [-0.15, -0.1) is 0 Å². The lowest BCUT2D eigenvalue weighted by Crippen LogP contribution is -2.48. The van der Waals surface area contributed by atoms with E-state index in [0.717, 1.165) is 0 Å². The molecule has 0 radical (unpaired) electrons. The molecule has 5 nitrogen and oxygen atoms in total. The molecule has 0 spiro atoms. The highest BCUT2D eigenvalue weighted by molar-refractivity contribution is 5.78. The fourth-order valence-corrected chi connectivity index (χ4v) is 3.41. The largest absolute Gasteiger partial charge is 0.481 e. The van der Waals surface area contributed by atoms with Crippen molar-refractivity contribution >= 4 is 12.0 Å². The summed E-state index contributed by atoms with van der Waals surface area (Å²) in [7, 11) is 0. The number of carboxylic acids is 1. The quantitative estimate of drug-likeness (QED) is 0.823. The molecule has 19 heavy (non-hydrogen) atoms. The predicted octanol–water partition coefficient (Wildman–Crippen LogP) is 2.07. The van der Waals surface area contributed by atoms with Gasteiger partial charge < -0.3 is 15.3 Å². The summed E-state index contributed by atoms with van der Waals surface area (Å²) >= 11 is 0. The summed E-state index contributed by atoms with van der Waals surface area (Å²) in [5.74, 6) is -0.642. The Bertz CT molecular complexity index is 353. The van der Waals surface area contributed by atoms with Gasteiger partial charge in [-0.1, -0.05) is 12.8 Å². The zero-order valence-electron chi connectivity index (χ0n) is 11.8. The first-order valence-electron chi connectivity index (χ1n) is 7.30. The summed E-state index contributed by atoms with van der Waals surface area (Å²) in [5, 5.41) is 12.1. The molecule has 5 heteroatoms. The zero-order valence-corrected chi connectivity index (χ0v) is 11.8. The second kappa shape index (κ2) is 5.80. The van der Waals surface area contributed by atoms with E-state index >= 15 is 0 Å². The van der Waals surface area contributed by atoms with Crippen LogP contribution in [0.5, 0.6) is 0 Å². The van der Waals surface area contributed by atoms with E-state index in [0.29, 0.717) is 18.9 Å². The van der Waals surface area contributed by atoms with E-state index in [1.807, 2.05) is 6.92 Å². The lowest BCUT2D eigenvalue weighted by Gasteiger charge is -2.27. The van der Waals surface area contributed by atoms with Gasteiger partial charge in [0.15, 0.2) is 0 Å². The van der Waals surface area contributed by atoms with E-state index < -0.39 is 11.9 Å². The fourth-order valence-electron chi connectivity index (χ4n) is 3.41. The number of carboxylic acid groups (broad SMARTS) is 1. The Morgan fingerprint density at radius 1 is 1.26 bits per heavy atom. The molecule has 2 amide bonds. The SMILES string of the molecule is CC(NC(=O)N1CCC(C(=O)O)C1C)C1CCCC1. The first-order chi connectivity index (χ1) is 9.00. The van der Waals surface area contributed by atoms with Crippen LogP contribution in [0.3, 0.4) is 0 Å². The van der Waals surface area contributed by atoms with Crippen LogP contribution in [0.1, 0.15) is 46.0 Å². The molecule has 2 rings (SSSR count). The average Bonchev–Trinajstić information content (AvgIpc) is 2.96. The number of amides is 2. The summed E-state index contributed by atoms with van der Waals surface area (Å²) in [5.41, 5.74) is 0. The highest BCUT2D eigenvalue weighted by atomic mass is 16.4. The van der Waals surface area contributed by atoms with Gasteiger partial charge in [0.1, 0.15) is 0 Å². The van der Waals surface area contributed by atoms with Crippen molar-refractivity contribution in [2.24, 2.45) is 11.8 Å². The number of carbonyl (C=O) groups is 2. The molecular formula is C14H24N2O3. The van der Waals surface area contributed by atoms with Gasteiger partial charge in [-0.3, -0.25) is 4.79 Å². The van der Waals surface area contributed by atoms with Crippen LogP contribution in [0.4, 0.5) is 4.79 Å². The normalized spacial score (nSPS) is 29.5. The van der Waals surface area contributed by atoms with E-state index in [4.69, 9.17) is 5.11 Å². The van der Waals surface area contributed by atoms with Crippen LogP contribution >= 0.6 is 0 Å². The van der Waals surface area contributed by atoms with Crippen LogP contribution in [-0.4, -0.2) is 40.6 Å². The van der Waals surface area contributed by atoms with Gasteiger partial charge in [0.05, 0.1) is 5.92 Å². The second-order valence-corrected chi connectivity index (χ2v) is 5.95. The highest BCUT2D eigenvalue weighted by Crippen LogP contribution is 2.28. The van der Waals surface area contributed by atoms with Crippen LogP contribution in [0.15, 0.2) is 0 Å². The number of hydrogen-bond acceptors (Lipinski definition) is 2. The highest BCUT2D eigenvalue weighted by Gasteiger charge is 2.38. The molecule has 1 aliphatic carbocycles. The molecule has 3 atom stereocenters. The first-order valence-corrected chi connectivity index (χ1v) is 7.30. The molecule has 2 N–H and O–H groups in total. The maximum absolute atomic E-state index is 12.2. The summed E-state index contributed by atoms with van der Waals surface area (Å²) in [4.78, 5) is 24.9. The van der Waals surface area contributed by atoms with Gasteiger partial charge >= 0.3 is 12.0 Å². The van der Waals surface area contributed by atoms with Crippen molar-refractivity contribution in [3.05, 3.63) is 0 Å². The molecule has 0 bridgehead atoms. The van der Waals surface area contributed by atoms with Crippen molar-refractivity contribution in [1.29, 1.82) is 0 Å². The molecule has 1 saturated heterocycles. The molecule has 3 unspecified atom stereocenters.